The molecule has 0 saturated carbocycles. The highest BCUT2D eigenvalue weighted by atomic mass is 32.2. The first-order chi connectivity index (χ1) is 18.5. The molecule has 1 atom stereocenters. The van der Waals surface area contributed by atoms with E-state index in [2.05, 4.69) is 5.32 Å². The van der Waals surface area contributed by atoms with E-state index in [9.17, 15) is 22.4 Å². The second kappa shape index (κ2) is 13.4. The largest absolute Gasteiger partial charge is 0.357 e. The number of sulfonamides is 1. The van der Waals surface area contributed by atoms with Crippen LogP contribution in [0, 0.1) is 19.7 Å². The number of amides is 2. The number of carbonyl (C=O) groups is 2. The average Bonchev–Trinajstić information content (AvgIpc) is 2.88. The predicted molar refractivity (Wildman–Crippen MR) is 152 cm³/mol. The van der Waals surface area contributed by atoms with Crippen molar-refractivity contribution in [2.45, 2.75) is 45.7 Å². The molecule has 0 spiro atoms. The number of hydrogen-bond donors (Lipinski definition) is 1. The SMILES string of the molecule is CNC(=O)[C@@H](Cc1ccccc1)N(Cc1ccccc1F)C(=O)CCCN(c1cc(C)cc(C)c1)S(C)(=O)=O. The molecule has 3 aromatic carbocycles. The van der Waals surface area contributed by atoms with Crippen LogP contribution in [0.5, 0.6) is 0 Å². The van der Waals surface area contributed by atoms with Crippen molar-refractivity contribution in [3.63, 3.8) is 0 Å². The van der Waals surface area contributed by atoms with Crippen molar-refractivity contribution in [3.05, 3.63) is 101 Å². The summed E-state index contributed by atoms with van der Waals surface area (Å²) < 4.78 is 41.1. The third kappa shape index (κ3) is 8.38. The summed E-state index contributed by atoms with van der Waals surface area (Å²) in [4.78, 5) is 28.1. The van der Waals surface area contributed by atoms with E-state index in [1.165, 1.54) is 22.3 Å². The second-order valence-corrected chi connectivity index (χ2v) is 11.6. The van der Waals surface area contributed by atoms with E-state index < -0.39 is 21.9 Å². The maximum atomic E-state index is 14.6. The van der Waals surface area contributed by atoms with Gasteiger partial charge in [-0.05, 0) is 55.2 Å². The van der Waals surface area contributed by atoms with Crippen LogP contribution in [0.15, 0.2) is 72.8 Å². The van der Waals surface area contributed by atoms with Gasteiger partial charge in [0.15, 0.2) is 0 Å². The van der Waals surface area contributed by atoms with Crippen molar-refractivity contribution in [2.75, 3.05) is 24.2 Å². The van der Waals surface area contributed by atoms with Crippen LogP contribution >= 0.6 is 0 Å². The van der Waals surface area contributed by atoms with E-state index in [1.54, 1.807) is 30.3 Å². The zero-order valence-corrected chi connectivity index (χ0v) is 23.7. The molecule has 0 aliphatic rings. The molecular weight excluding hydrogens is 517 g/mol. The monoisotopic (exact) mass is 553 g/mol. The summed E-state index contributed by atoms with van der Waals surface area (Å²) in [5.74, 6) is -1.20. The van der Waals surface area contributed by atoms with E-state index in [0.717, 1.165) is 22.9 Å². The molecular formula is C30H36FN3O4S. The fraction of sp³-hybridized carbons (Fsp3) is 0.333. The normalized spacial score (nSPS) is 12.0. The first-order valence-electron chi connectivity index (χ1n) is 12.8. The number of nitrogens with zero attached hydrogens (tertiary/aromatic N) is 2. The molecule has 39 heavy (non-hydrogen) atoms. The van der Waals surface area contributed by atoms with Gasteiger partial charge in [-0.25, -0.2) is 12.8 Å². The molecule has 0 radical (unpaired) electrons. The first kappa shape index (κ1) is 29.8. The molecule has 9 heteroatoms. The van der Waals surface area contributed by atoms with Gasteiger partial charge in [0.05, 0.1) is 11.9 Å². The molecule has 0 aromatic heterocycles. The van der Waals surface area contributed by atoms with Crippen LogP contribution in [0.2, 0.25) is 0 Å². The molecule has 1 N–H and O–H groups in total. The van der Waals surface area contributed by atoms with Gasteiger partial charge in [0, 0.05) is 38.5 Å². The molecule has 0 aliphatic heterocycles. The van der Waals surface area contributed by atoms with Crippen molar-refractivity contribution in [1.29, 1.82) is 0 Å². The minimum Gasteiger partial charge on any atom is -0.357 e. The van der Waals surface area contributed by atoms with E-state index >= 15 is 0 Å². The number of carbonyl (C=O) groups excluding carboxylic acids is 2. The van der Waals surface area contributed by atoms with Crippen LogP contribution in [-0.4, -0.2) is 51.0 Å². The molecule has 7 nitrogen and oxygen atoms in total. The Labute approximate surface area is 230 Å². The molecule has 0 bridgehead atoms. The van der Waals surface area contributed by atoms with Gasteiger partial charge in [-0.3, -0.25) is 13.9 Å². The Morgan fingerprint density at radius 3 is 2.15 bits per heavy atom. The van der Waals surface area contributed by atoms with Crippen molar-refractivity contribution in [3.8, 4) is 0 Å². The standard InChI is InChI=1S/C30H36FN3O4S/c1-22-17-23(2)19-26(18-22)34(39(4,37)38)16-10-15-29(35)33(21-25-13-8-9-14-27(25)31)28(30(36)32-3)20-24-11-6-5-7-12-24/h5-9,11-14,17-19,28H,10,15-16,20-21H2,1-4H3,(H,32,36)/t28-/m1/s1. The summed E-state index contributed by atoms with van der Waals surface area (Å²) in [6, 6.07) is 20.1. The minimum atomic E-state index is -3.60. The Balaban J connectivity index is 1.87. The maximum Gasteiger partial charge on any atom is 0.242 e. The summed E-state index contributed by atoms with van der Waals surface area (Å²) in [6.07, 6.45) is 1.59. The zero-order valence-electron chi connectivity index (χ0n) is 22.9. The molecule has 0 heterocycles. The van der Waals surface area contributed by atoms with E-state index in [4.69, 9.17) is 0 Å². The molecule has 0 unspecified atom stereocenters. The lowest BCUT2D eigenvalue weighted by molar-refractivity contribution is -0.141. The molecule has 2 amide bonds. The average molecular weight is 554 g/mol. The van der Waals surface area contributed by atoms with Crippen LogP contribution < -0.4 is 9.62 Å². The summed E-state index contributed by atoms with van der Waals surface area (Å²) in [7, 11) is -2.10. The molecule has 3 aromatic rings. The number of nitrogens with one attached hydrogen (secondary N) is 1. The van der Waals surface area contributed by atoms with Crippen molar-refractivity contribution < 1.29 is 22.4 Å². The van der Waals surface area contributed by atoms with Gasteiger partial charge in [0.1, 0.15) is 11.9 Å². The van der Waals surface area contributed by atoms with Gasteiger partial charge in [0.2, 0.25) is 21.8 Å². The summed E-state index contributed by atoms with van der Waals surface area (Å²) in [5, 5.41) is 2.63. The maximum absolute atomic E-state index is 14.6. The number of likely N-dealkylation sites (N-methyl/N-ethyl adjacent to an activating group) is 1. The topological polar surface area (TPSA) is 86.8 Å². The number of anilines is 1. The lowest BCUT2D eigenvalue weighted by atomic mass is 10.0. The highest BCUT2D eigenvalue weighted by Gasteiger charge is 2.30. The van der Waals surface area contributed by atoms with Crippen LogP contribution in [0.3, 0.4) is 0 Å². The zero-order chi connectivity index (χ0) is 28.6. The number of halogens is 1. The summed E-state index contributed by atoms with van der Waals surface area (Å²) in [6.45, 7) is 3.78. The highest BCUT2D eigenvalue weighted by Crippen LogP contribution is 2.23. The van der Waals surface area contributed by atoms with E-state index in [-0.39, 0.29) is 44.2 Å². The Morgan fingerprint density at radius 2 is 1.56 bits per heavy atom. The summed E-state index contributed by atoms with van der Waals surface area (Å²) in [5.41, 5.74) is 3.55. The fourth-order valence-electron chi connectivity index (χ4n) is 4.63. The summed E-state index contributed by atoms with van der Waals surface area (Å²) >= 11 is 0. The number of hydrogen-bond acceptors (Lipinski definition) is 4. The lowest BCUT2D eigenvalue weighted by Gasteiger charge is -2.31. The third-order valence-electron chi connectivity index (χ3n) is 6.46. The van der Waals surface area contributed by atoms with Gasteiger partial charge in [-0.2, -0.15) is 0 Å². The van der Waals surface area contributed by atoms with Crippen LogP contribution in [0.4, 0.5) is 10.1 Å². The van der Waals surface area contributed by atoms with Crippen LogP contribution in [0.25, 0.3) is 0 Å². The molecule has 0 saturated heterocycles. The van der Waals surface area contributed by atoms with Gasteiger partial charge < -0.3 is 10.2 Å². The van der Waals surface area contributed by atoms with Crippen LogP contribution in [-0.2, 0) is 32.6 Å². The molecule has 0 fully saturated rings. The van der Waals surface area contributed by atoms with E-state index in [1.807, 2.05) is 50.2 Å². The smallest absolute Gasteiger partial charge is 0.242 e. The predicted octanol–water partition coefficient (Wildman–Crippen LogP) is 4.37. The second-order valence-electron chi connectivity index (χ2n) is 9.72. The Hall–Kier alpha value is -3.72. The first-order valence-corrected chi connectivity index (χ1v) is 14.7. The van der Waals surface area contributed by atoms with Crippen molar-refractivity contribution in [1.82, 2.24) is 10.2 Å². The van der Waals surface area contributed by atoms with Crippen molar-refractivity contribution in [2.24, 2.45) is 0 Å². The number of aryl methyl sites for hydroxylation is 2. The number of benzene rings is 3. The van der Waals surface area contributed by atoms with Gasteiger partial charge in [0.25, 0.3) is 0 Å². The van der Waals surface area contributed by atoms with Gasteiger partial charge >= 0.3 is 0 Å². The molecule has 0 aliphatic carbocycles. The Bertz CT molecular complexity index is 1380. The third-order valence-corrected chi connectivity index (χ3v) is 7.66. The van der Waals surface area contributed by atoms with E-state index in [0.29, 0.717) is 11.3 Å². The van der Waals surface area contributed by atoms with Gasteiger partial charge in [-0.15, -0.1) is 0 Å². The lowest BCUT2D eigenvalue weighted by Crippen LogP contribution is -2.50. The van der Waals surface area contributed by atoms with Crippen molar-refractivity contribution >= 4 is 27.5 Å². The quantitative estimate of drug-likeness (QED) is 0.361. The Kier molecular flexibility index (Phi) is 10.2. The fourth-order valence-corrected chi connectivity index (χ4v) is 5.58. The number of rotatable bonds is 12. The van der Waals surface area contributed by atoms with Crippen LogP contribution in [0.1, 0.15) is 35.1 Å². The minimum absolute atomic E-state index is 0.0203. The Morgan fingerprint density at radius 1 is 0.949 bits per heavy atom. The highest BCUT2D eigenvalue weighted by molar-refractivity contribution is 7.92. The molecule has 3 rings (SSSR count). The molecule has 208 valence electrons. The van der Waals surface area contributed by atoms with Gasteiger partial charge in [-0.1, -0.05) is 54.6 Å².